The zero-order valence-corrected chi connectivity index (χ0v) is 11.5. The fraction of sp³-hybridized carbons (Fsp3) is 0.588. The van der Waals surface area contributed by atoms with Crippen molar-refractivity contribution in [1.82, 2.24) is 0 Å². The molecule has 0 saturated heterocycles. The third-order valence-electron chi connectivity index (χ3n) is 2.70. The first kappa shape index (κ1) is 16.2. The van der Waals surface area contributed by atoms with Crippen molar-refractivity contribution in [2.45, 2.75) is 64.7 Å². The van der Waals surface area contributed by atoms with Crippen LogP contribution in [0.15, 0.2) is 36.5 Å². The molecule has 1 radical (unpaired) electrons. The summed E-state index contributed by atoms with van der Waals surface area (Å²) in [5.74, 6) is 0. The minimum absolute atomic E-state index is 1.09. The molecule has 0 aliphatic heterocycles. The van der Waals surface area contributed by atoms with Gasteiger partial charge in [0, 0.05) is 0 Å². The number of unbranched alkanes of at least 4 members (excludes halogenated alkanes) is 7. The molecule has 0 N–H and O–H groups in total. The summed E-state index contributed by atoms with van der Waals surface area (Å²) in [7, 11) is 0. The van der Waals surface area contributed by atoms with E-state index in [2.05, 4.69) is 50.3 Å². The van der Waals surface area contributed by atoms with E-state index in [9.17, 15) is 0 Å². The SMILES string of the molecule is [CH2]CCCCCC/C=C/C=C/C=C/CCCC. The van der Waals surface area contributed by atoms with Gasteiger partial charge in [-0.15, -0.1) is 0 Å². The Labute approximate surface area is 109 Å². The van der Waals surface area contributed by atoms with Crippen molar-refractivity contribution in [2.24, 2.45) is 0 Å². The van der Waals surface area contributed by atoms with Crippen LogP contribution < -0.4 is 0 Å². The molecular weight excluding hydrogens is 204 g/mol. The first-order valence-electron chi connectivity index (χ1n) is 7.19. The lowest BCUT2D eigenvalue weighted by molar-refractivity contribution is 0.651. The van der Waals surface area contributed by atoms with Crippen LogP contribution in [0.3, 0.4) is 0 Å². The summed E-state index contributed by atoms with van der Waals surface area (Å²) in [4.78, 5) is 0. The fourth-order valence-corrected chi connectivity index (χ4v) is 1.59. The average molecular weight is 233 g/mol. The van der Waals surface area contributed by atoms with Crippen molar-refractivity contribution in [3.63, 3.8) is 0 Å². The smallest absolute Gasteiger partial charge is 0.0348 e. The van der Waals surface area contributed by atoms with Crippen LogP contribution >= 0.6 is 0 Å². The molecule has 17 heavy (non-hydrogen) atoms. The molecule has 0 saturated carbocycles. The molecule has 0 fully saturated rings. The Morgan fingerprint density at radius 3 is 1.88 bits per heavy atom. The van der Waals surface area contributed by atoms with E-state index in [1.54, 1.807) is 0 Å². The molecule has 0 heteroatoms. The molecule has 0 atom stereocenters. The molecule has 0 aliphatic rings. The Morgan fingerprint density at radius 2 is 1.29 bits per heavy atom. The van der Waals surface area contributed by atoms with E-state index in [0.29, 0.717) is 0 Å². The summed E-state index contributed by atoms with van der Waals surface area (Å²) in [5.41, 5.74) is 0. The predicted octanol–water partition coefficient (Wildman–Crippen LogP) is 6.02. The Balaban J connectivity index is 3.28. The van der Waals surface area contributed by atoms with E-state index in [-0.39, 0.29) is 0 Å². The van der Waals surface area contributed by atoms with Crippen LogP contribution in [0.2, 0.25) is 0 Å². The van der Waals surface area contributed by atoms with Gasteiger partial charge in [0.15, 0.2) is 0 Å². The topological polar surface area (TPSA) is 0 Å². The molecular formula is C17H29. The van der Waals surface area contributed by atoms with Crippen molar-refractivity contribution in [3.8, 4) is 0 Å². The van der Waals surface area contributed by atoms with Crippen LogP contribution in [-0.2, 0) is 0 Å². The van der Waals surface area contributed by atoms with Gasteiger partial charge in [-0.3, -0.25) is 0 Å². The summed E-state index contributed by atoms with van der Waals surface area (Å²) in [6.45, 7) is 6.08. The van der Waals surface area contributed by atoms with Crippen LogP contribution in [0.5, 0.6) is 0 Å². The van der Waals surface area contributed by atoms with Gasteiger partial charge in [0.05, 0.1) is 0 Å². The van der Waals surface area contributed by atoms with Gasteiger partial charge in [0.25, 0.3) is 0 Å². The van der Waals surface area contributed by atoms with E-state index < -0.39 is 0 Å². The van der Waals surface area contributed by atoms with Crippen molar-refractivity contribution in [1.29, 1.82) is 0 Å². The highest BCUT2D eigenvalue weighted by Gasteiger charge is 1.85. The Morgan fingerprint density at radius 1 is 0.706 bits per heavy atom. The molecule has 0 spiro atoms. The number of rotatable bonds is 11. The maximum absolute atomic E-state index is 3.85. The van der Waals surface area contributed by atoms with Crippen molar-refractivity contribution < 1.29 is 0 Å². The molecule has 0 heterocycles. The van der Waals surface area contributed by atoms with E-state index in [1.807, 2.05) is 0 Å². The monoisotopic (exact) mass is 233 g/mol. The fourth-order valence-electron chi connectivity index (χ4n) is 1.59. The highest BCUT2D eigenvalue weighted by atomic mass is 13.9. The van der Waals surface area contributed by atoms with Gasteiger partial charge in [-0.25, -0.2) is 0 Å². The quantitative estimate of drug-likeness (QED) is 0.302. The standard InChI is InChI=1S/C17H29/c1-3-5-7-9-11-13-15-17-16-14-12-10-8-6-4-2/h10,12,14-17H,1,3-9,11,13H2,2H3/b12-10+,16-14+,17-15+. The van der Waals surface area contributed by atoms with Crippen molar-refractivity contribution >= 4 is 0 Å². The normalized spacial score (nSPS) is 12.4. The maximum Gasteiger partial charge on any atom is -0.0348 e. The zero-order valence-electron chi connectivity index (χ0n) is 11.5. The number of hydrogen-bond donors (Lipinski definition) is 0. The van der Waals surface area contributed by atoms with Crippen LogP contribution in [0.1, 0.15) is 64.7 Å². The molecule has 0 amide bonds. The summed E-state index contributed by atoms with van der Waals surface area (Å²) < 4.78 is 0. The predicted molar refractivity (Wildman–Crippen MR) is 80.0 cm³/mol. The van der Waals surface area contributed by atoms with Gasteiger partial charge in [-0.2, -0.15) is 0 Å². The lowest BCUT2D eigenvalue weighted by Gasteiger charge is -1.95. The molecule has 0 bridgehead atoms. The van der Waals surface area contributed by atoms with Crippen LogP contribution in [-0.4, -0.2) is 0 Å². The second kappa shape index (κ2) is 15.2. The van der Waals surface area contributed by atoms with Crippen LogP contribution in [0, 0.1) is 6.92 Å². The third-order valence-corrected chi connectivity index (χ3v) is 2.70. The Bertz CT molecular complexity index is 208. The van der Waals surface area contributed by atoms with E-state index in [1.165, 1.54) is 51.4 Å². The number of allylic oxidation sites excluding steroid dienone is 6. The lowest BCUT2D eigenvalue weighted by Crippen LogP contribution is -1.75. The highest BCUT2D eigenvalue weighted by Crippen LogP contribution is 2.05. The molecule has 0 aromatic carbocycles. The number of hydrogen-bond acceptors (Lipinski definition) is 0. The molecule has 0 aliphatic carbocycles. The molecule has 0 aromatic heterocycles. The maximum atomic E-state index is 3.85. The van der Waals surface area contributed by atoms with E-state index in [4.69, 9.17) is 0 Å². The molecule has 0 rings (SSSR count). The minimum atomic E-state index is 1.09. The molecule has 0 unspecified atom stereocenters. The van der Waals surface area contributed by atoms with Crippen LogP contribution in [0.25, 0.3) is 0 Å². The van der Waals surface area contributed by atoms with Gasteiger partial charge in [-0.05, 0) is 19.3 Å². The van der Waals surface area contributed by atoms with Crippen molar-refractivity contribution in [3.05, 3.63) is 43.4 Å². The third kappa shape index (κ3) is 15.2. The first-order valence-corrected chi connectivity index (χ1v) is 7.19. The molecule has 0 aromatic rings. The minimum Gasteiger partial charge on any atom is -0.0845 e. The average Bonchev–Trinajstić information content (AvgIpc) is 2.35. The summed E-state index contributed by atoms with van der Waals surface area (Å²) in [6, 6.07) is 0. The highest BCUT2D eigenvalue weighted by molar-refractivity contribution is 5.10. The molecule has 97 valence electrons. The summed E-state index contributed by atoms with van der Waals surface area (Å²) in [5, 5.41) is 0. The van der Waals surface area contributed by atoms with Crippen LogP contribution in [0.4, 0.5) is 0 Å². The molecule has 0 nitrogen and oxygen atoms in total. The van der Waals surface area contributed by atoms with E-state index >= 15 is 0 Å². The largest absolute Gasteiger partial charge is 0.0845 e. The zero-order chi connectivity index (χ0) is 12.6. The van der Waals surface area contributed by atoms with Gasteiger partial charge in [0.2, 0.25) is 0 Å². The van der Waals surface area contributed by atoms with Gasteiger partial charge >= 0.3 is 0 Å². The Kier molecular flexibility index (Phi) is 14.5. The summed E-state index contributed by atoms with van der Waals surface area (Å²) in [6.07, 6.45) is 24.4. The first-order chi connectivity index (χ1) is 8.41. The van der Waals surface area contributed by atoms with Gasteiger partial charge in [0.1, 0.15) is 0 Å². The van der Waals surface area contributed by atoms with Gasteiger partial charge in [-0.1, -0.05) is 88.8 Å². The second-order valence-electron chi connectivity index (χ2n) is 4.44. The Hall–Kier alpha value is -0.780. The van der Waals surface area contributed by atoms with Gasteiger partial charge < -0.3 is 0 Å². The van der Waals surface area contributed by atoms with E-state index in [0.717, 1.165) is 6.42 Å². The summed E-state index contributed by atoms with van der Waals surface area (Å²) >= 11 is 0. The lowest BCUT2D eigenvalue weighted by atomic mass is 10.1. The van der Waals surface area contributed by atoms with Crippen molar-refractivity contribution in [2.75, 3.05) is 0 Å². The second-order valence-corrected chi connectivity index (χ2v) is 4.44.